The summed E-state index contributed by atoms with van der Waals surface area (Å²) in [7, 11) is 0. The van der Waals surface area contributed by atoms with Crippen molar-refractivity contribution in [1.82, 2.24) is 5.32 Å². The molecule has 1 saturated heterocycles. The van der Waals surface area contributed by atoms with E-state index < -0.39 is 5.60 Å². The van der Waals surface area contributed by atoms with Crippen molar-refractivity contribution in [3.8, 4) is 0 Å². The Hall–Kier alpha value is -0.580. The molecule has 1 aliphatic rings. The molecule has 3 nitrogen and oxygen atoms in total. The SMILES string of the molecule is Cc1ccc(N2CC(C)(O)CNCC2C)cc1Br. The van der Waals surface area contributed by atoms with Crippen LogP contribution in [0, 0.1) is 6.92 Å². The van der Waals surface area contributed by atoms with E-state index in [9.17, 15) is 5.11 Å². The molecule has 0 amide bonds. The van der Waals surface area contributed by atoms with Crippen molar-refractivity contribution in [3.05, 3.63) is 28.2 Å². The summed E-state index contributed by atoms with van der Waals surface area (Å²) in [6.45, 7) is 8.33. The van der Waals surface area contributed by atoms with Gasteiger partial charge in [-0.15, -0.1) is 0 Å². The standard InChI is InChI=1S/C14H21BrN2O/c1-10-4-5-12(6-13(10)15)17-9-14(3,18)8-16-7-11(17)2/h4-6,11,16,18H,7-9H2,1-3H3. The van der Waals surface area contributed by atoms with Gasteiger partial charge in [-0.2, -0.15) is 0 Å². The highest BCUT2D eigenvalue weighted by atomic mass is 79.9. The number of hydrogen-bond acceptors (Lipinski definition) is 3. The van der Waals surface area contributed by atoms with E-state index in [1.54, 1.807) is 0 Å². The highest BCUT2D eigenvalue weighted by Gasteiger charge is 2.30. The molecule has 100 valence electrons. The first-order valence-corrected chi connectivity index (χ1v) is 7.14. The fourth-order valence-electron chi connectivity index (χ4n) is 2.35. The first-order valence-electron chi connectivity index (χ1n) is 6.35. The molecule has 2 N–H and O–H groups in total. The van der Waals surface area contributed by atoms with E-state index in [-0.39, 0.29) is 0 Å². The van der Waals surface area contributed by atoms with E-state index in [0.717, 1.165) is 16.7 Å². The Morgan fingerprint density at radius 3 is 2.89 bits per heavy atom. The number of aliphatic hydroxyl groups is 1. The van der Waals surface area contributed by atoms with Crippen molar-refractivity contribution in [1.29, 1.82) is 0 Å². The lowest BCUT2D eigenvalue weighted by Gasteiger charge is -2.33. The van der Waals surface area contributed by atoms with Gasteiger partial charge >= 0.3 is 0 Å². The highest BCUT2D eigenvalue weighted by Crippen LogP contribution is 2.27. The Balaban J connectivity index is 2.30. The van der Waals surface area contributed by atoms with Gasteiger partial charge < -0.3 is 15.3 Å². The van der Waals surface area contributed by atoms with E-state index in [0.29, 0.717) is 19.1 Å². The number of halogens is 1. The van der Waals surface area contributed by atoms with Crippen LogP contribution in [-0.4, -0.2) is 36.4 Å². The first kappa shape index (κ1) is 13.8. The van der Waals surface area contributed by atoms with Crippen LogP contribution in [0.25, 0.3) is 0 Å². The topological polar surface area (TPSA) is 35.5 Å². The number of aryl methyl sites for hydroxylation is 1. The molecule has 1 aromatic rings. The van der Waals surface area contributed by atoms with Crippen LogP contribution < -0.4 is 10.2 Å². The van der Waals surface area contributed by atoms with E-state index in [2.05, 4.69) is 58.2 Å². The van der Waals surface area contributed by atoms with E-state index in [1.165, 1.54) is 5.56 Å². The Bertz CT molecular complexity index is 434. The third kappa shape index (κ3) is 3.05. The van der Waals surface area contributed by atoms with Crippen LogP contribution >= 0.6 is 15.9 Å². The van der Waals surface area contributed by atoms with Crippen LogP contribution in [0.2, 0.25) is 0 Å². The largest absolute Gasteiger partial charge is 0.387 e. The van der Waals surface area contributed by atoms with Gasteiger partial charge in [0.25, 0.3) is 0 Å². The molecule has 2 atom stereocenters. The van der Waals surface area contributed by atoms with Crippen molar-refractivity contribution < 1.29 is 5.11 Å². The third-order valence-electron chi connectivity index (χ3n) is 3.48. The second kappa shape index (κ2) is 5.19. The first-order chi connectivity index (χ1) is 8.39. The quantitative estimate of drug-likeness (QED) is 0.835. The molecule has 0 spiro atoms. The Morgan fingerprint density at radius 1 is 1.50 bits per heavy atom. The molecule has 0 aromatic heterocycles. The molecule has 0 aliphatic carbocycles. The maximum absolute atomic E-state index is 10.3. The number of rotatable bonds is 1. The van der Waals surface area contributed by atoms with Gasteiger partial charge in [-0.05, 0) is 38.5 Å². The van der Waals surface area contributed by atoms with Gasteiger partial charge in [0, 0.05) is 35.8 Å². The van der Waals surface area contributed by atoms with Crippen LogP contribution in [0.5, 0.6) is 0 Å². The zero-order chi connectivity index (χ0) is 13.3. The van der Waals surface area contributed by atoms with E-state index in [1.807, 2.05) is 6.92 Å². The maximum atomic E-state index is 10.3. The molecule has 2 unspecified atom stereocenters. The minimum absolute atomic E-state index is 0.369. The summed E-state index contributed by atoms with van der Waals surface area (Å²) >= 11 is 3.58. The summed E-state index contributed by atoms with van der Waals surface area (Å²) in [5.74, 6) is 0. The Morgan fingerprint density at radius 2 is 2.22 bits per heavy atom. The predicted octanol–water partition coefficient (Wildman–Crippen LogP) is 2.31. The molecule has 0 radical (unpaired) electrons. The van der Waals surface area contributed by atoms with Gasteiger partial charge in [0.05, 0.1) is 5.60 Å². The number of hydrogen-bond donors (Lipinski definition) is 2. The van der Waals surface area contributed by atoms with Crippen molar-refractivity contribution in [2.75, 3.05) is 24.5 Å². The number of benzene rings is 1. The number of nitrogens with one attached hydrogen (secondary N) is 1. The van der Waals surface area contributed by atoms with Crippen molar-refractivity contribution in [2.24, 2.45) is 0 Å². The highest BCUT2D eigenvalue weighted by molar-refractivity contribution is 9.10. The smallest absolute Gasteiger partial charge is 0.0917 e. The summed E-state index contributed by atoms with van der Waals surface area (Å²) in [6.07, 6.45) is 0. The second-order valence-electron chi connectivity index (χ2n) is 5.54. The summed E-state index contributed by atoms with van der Waals surface area (Å²) < 4.78 is 1.11. The van der Waals surface area contributed by atoms with Crippen LogP contribution in [0.1, 0.15) is 19.4 Å². The van der Waals surface area contributed by atoms with Crippen molar-refractivity contribution in [2.45, 2.75) is 32.4 Å². The molecule has 0 bridgehead atoms. The zero-order valence-corrected chi connectivity index (χ0v) is 12.8. The fourth-order valence-corrected chi connectivity index (χ4v) is 2.71. The monoisotopic (exact) mass is 312 g/mol. The number of β-amino-alcohol motifs (C(OH)–C–C–N with tert-alkyl or cyclic N) is 1. The van der Waals surface area contributed by atoms with Gasteiger partial charge in [0.15, 0.2) is 0 Å². The minimum Gasteiger partial charge on any atom is -0.387 e. The second-order valence-corrected chi connectivity index (χ2v) is 6.39. The average Bonchev–Trinajstić information content (AvgIpc) is 2.42. The lowest BCUT2D eigenvalue weighted by Crippen LogP contribution is -2.45. The fraction of sp³-hybridized carbons (Fsp3) is 0.571. The lowest BCUT2D eigenvalue weighted by molar-refractivity contribution is 0.0726. The van der Waals surface area contributed by atoms with Gasteiger partial charge in [-0.25, -0.2) is 0 Å². The molecule has 1 fully saturated rings. The molecule has 18 heavy (non-hydrogen) atoms. The summed E-state index contributed by atoms with van der Waals surface area (Å²) in [4.78, 5) is 2.27. The molecule has 4 heteroatoms. The Kier molecular flexibility index (Phi) is 3.99. The van der Waals surface area contributed by atoms with Crippen molar-refractivity contribution >= 4 is 21.6 Å². The summed E-state index contributed by atoms with van der Waals surface area (Å²) in [5, 5.41) is 13.6. The lowest BCUT2D eigenvalue weighted by atomic mass is 10.1. The van der Waals surface area contributed by atoms with Crippen LogP contribution in [-0.2, 0) is 0 Å². The molecule has 1 aliphatic heterocycles. The average molecular weight is 313 g/mol. The van der Waals surface area contributed by atoms with E-state index in [4.69, 9.17) is 0 Å². The summed E-state index contributed by atoms with van der Waals surface area (Å²) in [6, 6.07) is 6.73. The normalized spacial score (nSPS) is 29.2. The van der Waals surface area contributed by atoms with Gasteiger partial charge in [-0.3, -0.25) is 0 Å². The molecule has 1 heterocycles. The van der Waals surface area contributed by atoms with Gasteiger partial charge in [0.1, 0.15) is 0 Å². The number of anilines is 1. The van der Waals surface area contributed by atoms with Crippen LogP contribution in [0.15, 0.2) is 22.7 Å². The van der Waals surface area contributed by atoms with Crippen LogP contribution in [0.3, 0.4) is 0 Å². The van der Waals surface area contributed by atoms with E-state index >= 15 is 0 Å². The molecular formula is C14H21BrN2O. The van der Waals surface area contributed by atoms with Gasteiger partial charge in [-0.1, -0.05) is 22.0 Å². The summed E-state index contributed by atoms with van der Waals surface area (Å²) in [5.41, 5.74) is 1.69. The van der Waals surface area contributed by atoms with Gasteiger partial charge in [0.2, 0.25) is 0 Å². The van der Waals surface area contributed by atoms with Crippen molar-refractivity contribution in [3.63, 3.8) is 0 Å². The molecule has 0 saturated carbocycles. The molecule has 2 rings (SSSR count). The number of nitrogens with zero attached hydrogens (tertiary/aromatic N) is 1. The zero-order valence-electron chi connectivity index (χ0n) is 11.2. The third-order valence-corrected chi connectivity index (χ3v) is 4.33. The van der Waals surface area contributed by atoms with Crippen LogP contribution in [0.4, 0.5) is 5.69 Å². The predicted molar refractivity (Wildman–Crippen MR) is 79.2 cm³/mol. The molecule has 1 aromatic carbocycles. The minimum atomic E-state index is -0.692. The Labute approximate surface area is 117 Å². The maximum Gasteiger partial charge on any atom is 0.0917 e. The molecular weight excluding hydrogens is 292 g/mol.